The van der Waals surface area contributed by atoms with Gasteiger partial charge in [-0.25, -0.2) is 13.4 Å². The number of piperidine rings is 2. The van der Waals surface area contributed by atoms with Gasteiger partial charge in [0, 0.05) is 35.2 Å². The van der Waals surface area contributed by atoms with E-state index in [9.17, 15) is 26.4 Å². The zero-order chi connectivity index (χ0) is 36.3. The van der Waals surface area contributed by atoms with Crippen LogP contribution in [-0.4, -0.2) is 74.2 Å². The number of nitrogens with one attached hydrogen (secondary N) is 1. The molecule has 2 aliphatic heterocycles. The summed E-state index contributed by atoms with van der Waals surface area (Å²) in [6, 6.07) is 17.3. The van der Waals surface area contributed by atoms with Crippen LogP contribution in [0.2, 0.25) is 0 Å². The summed E-state index contributed by atoms with van der Waals surface area (Å²) in [5.74, 6) is -0.630. The van der Waals surface area contributed by atoms with Crippen molar-refractivity contribution in [3.63, 3.8) is 0 Å². The number of amides is 1. The molecule has 1 N–H and O–H groups in total. The lowest BCUT2D eigenvalue weighted by Gasteiger charge is -2.40. The molecule has 2 saturated heterocycles. The van der Waals surface area contributed by atoms with Crippen LogP contribution in [0.15, 0.2) is 71.6 Å². The number of nitrogens with zero attached hydrogens (tertiary/aromatic N) is 3. The third-order valence-corrected chi connectivity index (χ3v) is 12.0. The molecular weight excluding hydrogens is 678 g/mol. The number of ether oxygens (including phenoxy) is 1. The van der Waals surface area contributed by atoms with Crippen molar-refractivity contribution in [1.82, 2.24) is 20.1 Å². The number of alkyl halides is 3. The maximum absolute atomic E-state index is 14.6. The van der Waals surface area contributed by atoms with E-state index in [4.69, 9.17) is 9.72 Å². The van der Waals surface area contributed by atoms with E-state index in [2.05, 4.69) is 15.1 Å². The van der Waals surface area contributed by atoms with Gasteiger partial charge in [0.05, 0.1) is 41.2 Å². The van der Waals surface area contributed by atoms with Crippen molar-refractivity contribution >= 4 is 26.6 Å². The van der Waals surface area contributed by atoms with Crippen LogP contribution < -0.4 is 10.1 Å². The van der Waals surface area contributed by atoms with Gasteiger partial charge < -0.3 is 15.0 Å². The number of fused-ring (bicyclic) bond motifs is 1. The number of hydrogen-bond donors (Lipinski definition) is 1. The predicted molar refractivity (Wildman–Crippen MR) is 193 cm³/mol. The van der Waals surface area contributed by atoms with Crippen LogP contribution in [0.3, 0.4) is 0 Å². The molecule has 51 heavy (non-hydrogen) atoms. The number of aromatic nitrogens is 1. The highest BCUT2D eigenvalue weighted by Crippen LogP contribution is 2.39. The molecule has 0 bridgehead atoms. The van der Waals surface area contributed by atoms with E-state index in [-0.39, 0.29) is 50.7 Å². The molecule has 0 saturated carbocycles. The number of carbonyl (C=O) groups is 1. The first kappa shape index (κ1) is 36.8. The van der Waals surface area contributed by atoms with E-state index < -0.39 is 33.5 Å². The lowest BCUT2D eigenvalue weighted by atomic mass is 9.93. The zero-order valence-electron chi connectivity index (χ0n) is 29.3. The second-order valence-electron chi connectivity index (χ2n) is 13.5. The van der Waals surface area contributed by atoms with E-state index in [1.807, 2.05) is 37.3 Å². The van der Waals surface area contributed by atoms with Crippen molar-refractivity contribution < 1.29 is 31.1 Å². The first-order valence-corrected chi connectivity index (χ1v) is 19.3. The quantitative estimate of drug-likeness (QED) is 0.180. The monoisotopic (exact) mass is 722 g/mol. The fourth-order valence-corrected chi connectivity index (χ4v) is 8.46. The van der Waals surface area contributed by atoms with Crippen LogP contribution in [0.25, 0.3) is 22.2 Å². The Kier molecular flexibility index (Phi) is 11.0. The Balaban J connectivity index is 1.54. The molecule has 4 aromatic rings. The van der Waals surface area contributed by atoms with Gasteiger partial charge >= 0.3 is 6.18 Å². The fraction of sp³-hybridized carbons (Fsp3) is 0.436. The van der Waals surface area contributed by atoms with Gasteiger partial charge in [-0.15, -0.1) is 0 Å². The normalized spacial score (nSPS) is 17.4. The Morgan fingerprint density at radius 1 is 0.980 bits per heavy atom. The third-order valence-electron chi connectivity index (χ3n) is 10.3. The van der Waals surface area contributed by atoms with Crippen molar-refractivity contribution in [2.24, 2.45) is 0 Å². The van der Waals surface area contributed by atoms with Gasteiger partial charge in [-0.3, -0.25) is 9.69 Å². The summed E-state index contributed by atoms with van der Waals surface area (Å²) in [6.07, 6.45) is 0.920. The minimum Gasteiger partial charge on any atom is -0.495 e. The number of hydrogen-bond acceptors (Lipinski definition) is 7. The average molecular weight is 723 g/mol. The highest BCUT2D eigenvalue weighted by atomic mass is 32.2. The molecule has 2 fully saturated rings. The summed E-state index contributed by atoms with van der Waals surface area (Å²) >= 11 is 0. The van der Waals surface area contributed by atoms with Gasteiger partial charge in [-0.1, -0.05) is 55.8 Å². The highest BCUT2D eigenvalue weighted by Gasteiger charge is 2.33. The Morgan fingerprint density at radius 3 is 2.33 bits per heavy atom. The number of carbonyl (C=O) groups excluding carboxylic acids is 1. The lowest BCUT2D eigenvalue weighted by Crippen LogP contribution is -2.46. The molecule has 272 valence electrons. The molecule has 6 rings (SSSR count). The van der Waals surface area contributed by atoms with Crippen LogP contribution in [-0.2, 0) is 22.6 Å². The van der Waals surface area contributed by atoms with Crippen LogP contribution in [0.4, 0.5) is 13.2 Å². The number of methoxy groups -OCH3 is 1. The van der Waals surface area contributed by atoms with Crippen LogP contribution in [0, 0.1) is 0 Å². The van der Waals surface area contributed by atoms with Crippen molar-refractivity contribution in [3.05, 3.63) is 89.0 Å². The molecule has 3 aromatic carbocycles. The molecule has 12 heteroatoms. The minimum absolute atomic E-state index is 0.0448. The average Bonchev–Trinajstić information content (AvgIpc) is 3.14. The molecule has 2 aliphatic rings. The van der Waals surface area contributed by atoms with Crippen LogP contribution in [0.5, 0.6) is 5.75 Å². The summed E-state index contributed by atoms with van der Waals surface area (Å²) in [4.78, 5) is 24.3. The van der Waals surface area contributed by atoms with Gasteiger partial charge in [0.25, 0.3) is 5.91 Å². The van der Waals surface area contributed by atoms with Gasteiger partial charge in [-0.2, -0.15) is 13.2 Å². The summed E-state index contributed by atoms with van der Waals surface area (Å²) < 4.78 is 74.3. The summed E-state index contributed by atoms with van der Waals surface area (Å²) in [6.45, 7) is 7.28. The van der Waals surface area contributed by atoms with E-state index in [0.717, 1.165) is 56.7 Å². The predicted octanol–water partition coefficient (Wildman–Crippen LogP) is 7.66. The van der Waals surface area contributed by atoms with E-state index in [0.29, 0.717) is 11.6 Å². The van der Waals surface area contributed by atoms with Crippen molar-refractivity contribution in [3.8, 4) is 17.0 Å². The standard InChI is InChI=1S/C39H45F3N4O4S/c1-4-51(48,49)35-23-31-33(24-34(35)50-3)44-37(28-14-11-15-29(22-28)39(40,41)42)32(36(31)38(47)43-26(2)27-12-7-5-8-13-27)25-45-20-16-30(17-21-45)46-18-9-6-10-19-46/h5,7-8,11-15,22-24,26,30H,4,6,9-10,16-21,25H2,1-3H3,(H,43,47)/t26-/m0/s1. The Morgan fingerprint density at radius 2 is 1.69 bits per heavy atom. The number of likely N-dealkylation sites (tertiary alicyclic amines) is 2. The number of rotatable bonds is 10. The third kappa shape index (κ3) is 8.08. The Labute approximate surface area is 297 Å². The largest absolute Gasteiger partial charge is 0.495 e. The van der Waals surface area contributed by atoms with Gasteiger partial charge in [0.15, 0.2) is 9.84 Å². The van der Waals surface area contributed by atoms with Gasteiger partial charge in [-0.05, 0) is 82.5 Å². The molecule has 1 amide bonds. The second kappa shape index (κ2) is 15.3. The topological polar surface area (TPSA) is 91.8 Å². The smallest absolute Gasteiger partial charge is 0.416 e. The molecule has 1 aromatic heterocycles. The van der Waals surface area contributed by atoms with E-state index in [1.165, 1.54) is 51.5 Å². The summed E-state index contributed by atoms with van der Waals surface area (Å²) in [7, 11) is -2.46. The van der Waals surface area contributed by atoms with E-state index >= 15 is 0 Å². The van der Waals surface area contributed by atoms with Crippen LogP contribution in [0.1, 0.15) is 79.0 Å². The van der Waals surface area contributed by atoms with Gasteiger partial charge in [0.2, 0.25) is 0 Å². The lowest BCUT2D eigenvalue weighted by molar-refractivity contribution is -0.137. The Bertz CT molecular complexity index is 1970. The number of benzene rings is 3. The first-order valence-electron chi connectivity index (χ1n) is 17.7. The summed E-state index contributed by atoms with van der Waals surface area (Å²) in [5.41, 5.74) is 1.33. The molecular formula is C39H45F3N4O4S. The van der Waals surface area contributed by atoms with Crippen molar-refractivity contribution in [2.75, 3.05) is 39.0 Å². The SMILES string of the molecule is CCS(=O)(=O)c1cc2c(C(=O)N[C@@H](C)c3ccccc3)c(CN3CCC(N4CCCCC4)CC3)c(-c3cccc(C(F)(F)F)c3)nc2cc1OC. The van der Waals surface area contributed by atoms with Crippen molar-refractivity contribution in [2.45, 2.75) is 75.7 Å². The Hall–Kier alpha value is -4.00. The molecule has 0 radical (unpaired) electrons. The van der Waals surface area contributed by atoms with Crippen LogP contribution >= 0.6 is 0 Å². The zero-order valence-corrected chi connectivity index (χ0v) is 30.1. The molecule has 3 heterocycles. The minimum atomic E-state index is -4.60. The molecule has 0 spiro atoms. The maximum atomic E-state index is 14.6. The molecule has 8 nitrogen and oxygen atoms in total. The molecule has 1 atom stereocenters. The number of sulfone groups is 1. The number of halogens is 3. The first-order chi connectivity index (χ1) is 24.4. The fourth-order valence-electron chi connectivity index (χ4n) is 7.41. The van der Waals surface area contributed by atoms with Crippen molar-refractivity contribution in [1.29, 1.82) is 0 Å². The van der Waals surface area contributed by atoms with E-state index in [1.54, 1.807) is 6.07 Å². The van der Waals surface area contributed by atoms with Gasteiger partial charge in [0.1, 0.15) is 10.6 Å². The second-order valence-corrected chi connectivity index (χ2v) is 15.8. The molecule has 0 unspecified atom stereocenters. The highest BCUT2D eigenvalue weighted by molar-refractivity contribution is 7.91. The maximum Gasteiger partial charge on any atom is 0.416 e. The summed E-state index contributed by atoms with van der Waals surface area (Å²) in [5, 5.41) is 3.38. The number of pyridine rings is 1. The molecule has 0 aliphatic carbocycles.